The fourth-order valence-electron chi connectivity index (χ4n) is 5.24. The highest BCUT2D eigenvalue weighted by molar-refractivity contribution is 7.27. The van der Waals surface area contributed by atoms with Crippen molar-refractivity contribution in [3.05, 3.63) is 72.8 Å². The predicted molar refractivity (Wildman–Crippen MR) is 145 cm³/mol. The summed E-state index contributed by atoms with van der Waals surface area (Å²) >= 11 is 1.87. The number of benzene rings is 4. The molecule has 166 valence electrons. The van der Waals surface area contributed by atoms with Gasteiger partial charge in [-0.25, -0.2) is 0 Å². The molecule has 0 saturated carbocycles. The van der Waals surface area contributed by atoms with Crippen LogP contribution in [0.4, 0.5) is 0 Å². The zero-order valence-electron chi connectivity index (χ0n) is 19.7. The number of thiophene rings is 1. The Hall–Kier alpha value is -2.99. The summed E-state index contributed by atoms with van der Waals surface area (Å²) in [5, 5.41) is 8.47. The van der Waals surface area contributed by atoms with Gasteiger partial charge < -0.3 is 9.31 Å². The van der Waals surface area contributed by atoms with Crippen molar-refractivity contribution in [2.24, 2.45) is 0 Å². The molecule has 4 aromatic carbocycles. The first-order chi connectivity index (χ1) is 16.4. The largest absolute Gasteiger partial charge is 0.515 e. The van der Waals surface area contributed by atoms with Gasteiger partial charge in [-0.15, -0.1) is 11.3 Å². The number of hydrogen-bond acceptors (Lipinski definition) is 4. The number of pyridine rings is 1. The van der Waals surface area contributed by atoms with E-state index in [1.54, 1.807) is 0 Å². The minimum Gasteiger partial charge on any atom is -0.398 e. The fraction of sp³-hybridized carbons (Fsp3) is 0.207. The van der Waals surface area contributed by atoms with Crippen molar-refractivity contribution in [2.75, 3.05) is 0 Å². The lowest BCUT2D eigenvalue weighted by Gasteiger charge is -2.32. The summed E-state index contributed by atoms with van der Waals surface area (Å²) in [4.78, 5) is 5.34. The van der Waals surface area contributed by atoms with Crippen molar-refractivity contribution in [1.82, 2.24) is 4.98 Å². The first-order valence-electron chi connectivity index (χ1n) is 11.8. The average Bonchev–Trinajstić information content (AvgIpc) is 3.32. The van der Waals surface area contributed by atoms with Gasteiger partial charge in [0.25, 0.3) is 0 Å². The van der Waals surface area contributed by atoms with Crippen molar-refractivity contribution >= 4 is 76.7 Å². The summed E-state index contributed by atoms with van der Waals surface area (Å²) in [6.07, 6.45) is 0. The van der Waals surface area contributed by atoms with Crippen LogP contribution >= 0.6 is 11.3 Å². The van der Waals surface area contributed by atoms with Crippen molar-refractivity contribution in [2.45, 2.75) is 38.9 Å². The van der Waals surface area contributed by atoms with E-state index >= 15 is 0 Å². The number of fused-ring (bicyclic) bond motifs is 10. The van der Waals surface area contributed by atoms with Crippen LogP contribution in [0.5, 0.6) is 0 Å². The molecule has 0 radical (unpaired) electrons. The van der Waals surface area contributed by atoms with E-state index in [0.29, 0.717) is 0 Å². The Morgan fingerprint density at radius 2 is 1.21 bits per heavy atom. The summed E-state index contributed by atoms with van der Waals surface area (Å²) in [5.41, 5.74) is 1.01. The SMILES string of the molecule is CC1(C)OB(c2nc3c4ccccc4c4sc5ccccc5c4c3c3ccccc23)OC1(C)C. The molecule has 1 saturated heterocycles. The van der Waals surface area contributed by atoms with Gasteiger partial charge in [0.15, 0.2) is 0 Å². The number of hydrogen-bond donors (Lipinski definition) is 0. The topological polar surface area (TPSA) is 31.4 Å². The van der Waals surface area contributed by atoms with E-state index in [4.69, 9.17) is 14.3 Å². The van der Waals surface area contributed by atoms with Gasteiger partial charge in [0.05, 0.1) is 22.3 Å². The first-order valence-corrected chi connectivity index (χ1v) is 12.6. The van der Waals surface area contributed by atoms with Gasteiger partial charge in [0.1, 0.15) is 0 Å². The zero-order valence-corrected chi connectivity index (χ0v) is 20.5. The molecule has 1 aliphatic rings. The van der Waals surface area contributed by atoms with Gasteiger partial charge in [-0.3, -0.25) is 4.98 Å². The Kier molecular flexibility index (Phi) is 4.07. The summed E-state index contributed by atoms with van der Waals surface area (Å²) in [6, 6.07) is 25.9. The lowest BCUT2D eigenvalue weighted by atomic mass is 9.79. The van der Waals surface area contributed by atoms with Gasteiger partial charge in [-0.2, -0.15) is 0 Å². The van der Waals surface area contributed by atoms with E-state index in [1.165, 1.54) is 41.7 Å². The molecule has 3 heterocycles. The van der Waals surface area contributed by atoms with Crippen LogP contribution in [0.25, 0.3) is 52.6 Å². The molecular formula is C29H24BNO2S. The minimum absolute atomic E-state index is 0.426. The molecule has 1 aliphatic heterocycles. The van der Waals surface area contributed by atoms with Crippen molar-refractivity contribution < 1.29 is 9.31 Å². The molecular weight excluding hydrogens is 437 g/mol. The molecule has 0 atom stereocenters. The van der Waals surface area contributed by atoms with Crippen LogP contribution in [0, 0.1) is 0 Å². The second kappa shape index (κ2) is 6.79. The lowest BCUT2D eigenvalue weighted by molar-refractivity contribution is 0.00578. The van der Waals surface area contributed by atoms with Gasteiger partial charge in [0, 0.05) is 41.7 Å². The third-order valence-electron chi connectivity index (χ3n) is 7.69. The molecule has 3 nitrogen and oxygen atoms in total. The molecule has 0 N–H and O–H groups in total. The average molecular weight is 461 g/mol. The molecule has 0 unspecified atom stereocenters. The second-order valence-corrected chi connectivity index (χ2v) is 11.3. The Morgan fingerprint density at radius 3 is 1.91 bits per heavy atom. The highest BCUT2D eigenvalue weighted by Gasteiger charge is 2.53. The third-order valence-corrected chi connectivity index (χ3v) is 8.89. The van der Waals surface area contributed by atoms with E-state index in [0.717, 1.165) is 16.5 Å². The van der Waals surface area contributed by atoms with Crippen LogP contribution in [0.3, 0.4) is 0 Å². The van der Waals surface area contributed by atoms with E-state index in [1.807, 2.05) is 11.3 Å². The zero-order chi connectivity index (χ0) is 23.2. The minimum atomic E-state index is -0.520. The van der Waals surface area contributed by atoms with Crippen LogP contribution in [0.2, 0.25) is 0 Å². The van der Waals surface area contributed by atoms with Crippen LogP contribution < -0.4 is 5.59 Å². The Morgan fingerprint density at radius 1 is 0.647 bits per heavy atom. The fourth-order valence-corrected chi connectivity index (χ4v) is 6.49. The Bertz CT molecular complexity index is 1770. The molecule has 0 spiro atoms. The monoisotopic (exact) mass is 461 g/mol. The normalized spacial score (nSPS) is 17.6. The Balaban J connectivity index is 1.70. The number of nitrogens with zero attached hydrogens (tertiary/aromatic N) is 1. The van der Waals surface area contributed by atoms with E-state index < -0.39 is 18.3 Å². The molecule has 7 rings (SSSR count). The summed E-state index contributed by atoms with van der Waals surface area (Å²) in [5.74, 6) is 0. The van der Waals surface area contributed by atoms with Gasteiger partial charge in [0.2, 0.25) is 0 Å². The third kappa shape index (κ3) is 2.63. The molecule has 34 heavy (non-hydrogen) atoms. The van der Waals surface area contributed by atoms with Crippen molar-refractivity contribution in [3.63, 3.8) is 0 Å². The highest BCUT2D eigenvalue weighted by atomic mass is 32.1. The molecule has 5 heteroatoms. The molecule has 6 aromatic rings. The number of rotatable bonds is 1. The molecule has 0 aliphatic carbocycles. The highest BCUT2D eigenvalue weighted by Crippen LogP contribution is 2.45. The number of aromatic nitrogens is 1. The molecule has 2 aromatic heterocycles. The maximum atomic E-state index is 6.48. The standard InChI is InChI=1S/C29H24BNO2S/c1-28(2)29(3,4)33-30(32-28)27-20-14-8-5-11-17(20)23-24-21-15-9-10-16-22(21)34-26(24)19-13-7-6-12-18(19)25(23)31-27/h5-16H,1-4H3. The second-order valence-electron chi connectivity index (χ2n) is 10.2. The maximum absolute atomic E-state index is 6.48. The first kappa shape index (κ1) is 20.4. The summed E-state index contributed by atoms with van der Waals surface area (Å²) in [6.45, 7) is 8.36. The predicted octanol–water partition coefficient (Wildman–Crippen LogP) is 7.21. The van der Waals surface area contributed by atoms with Crippen LogP contribution in [0.15, 0.2) is 72.8 Å². The Labute approximate surface area is 202 Å². The van der Waals surface area contributed by atoms with Crippen molar-refractivity contribution in [1.29, 1.82) is 0 Å². The summed E-state index contributed by atoms with van der Waals surface area (Å²) < 4.78 is 15.6. The van der Waals surface area contributed by atoms with E-state index in [2.05, 4.69) is 100 Å². The van der Waals surface area contributed by atoms with Crippen LogP contribution in [0.1, 0.15) is 27.7 Å². The molecule has 0 amide bonds. The van der Waals surface area contributed by atoms with Gasteiger partial charge in [-0.05, 0) is 39.1 Å². The van der Waals surface area contributed by atoms with Crippen molar-refractivity contribution in [3.8, 4) is 0 Å². The van der Waals surface area contributed by atoms with Crippen LogP contribution in [-0.4, -0.2) is 23.3 Å². The summed E-state index contributed by atoms with van der Waals surface area (Å²) in [7, 11) is -0.520. The smallest absolute Gasteiger partial charge is 0.398 e. The lowest BCUT2D eigenvalue weighted by Crippen LogP contribution is -2.41. The van der Waals surface area contributed by atoms with Gasteiger partial charge >= 0.3 is 7.12 Å². The molecule has 1 fully saturated rings. The van der Waals surface area contributed by atoms with E-state index in [9.17, 15) is 0 Å². The molecule has 0 bridgehead atoms. The van der Waals surface area contributed by atoms with Crippen LogP contribution in [-0.2, 0) is 9.31 Å². The van der Waals surface area contributed by atoms with E-state index in [-0.39, 0.29) is 0 Å². The van der Waals surface area contributed by atoms with Gasteiger partial charge in [-0.1, -0.05) is 66.7 Å². The quantitative estimate of drug-likeness (QED) is 0.192. The maximum Gasteiger partial charge on any atom is 0.515 e.